The molecule has 2 aromatic rings. The van der Waals surface area contributed by atoms with Gasteiger partial charge in [0, 0.05) is 12.8 Å². The molecule has 0 bridgehead atoms. The lowest BCUT2D eigenvalue weighted by Crippen LogP contribution is -2.32. The van der Waals surface area contributed by atoms with E-state index in [-0.39, 0.29) is 18.2 Å². The van der Waals surface area contributed by atoms with Crippen molar-refractivity contribution in [2.75, 3.05) is 5.32 Å². The number of hydrogen-bond donors (Lipinski definition) is 2. The van der Waals surface area contributed by atoms with Gasteiger partial charge < -0.3 is 10.1 Å². The largest absolute Gasteiger partial charge is 0.455 e. The van der Waals surface area contributed by atoms with Crippen molar-refractivity contribution in [3.8, 4) is 11.5 Å². The SMILES string of the molecule is O=C1CCC(C(=O)Nc2ccccc2Oc2ccccc2)=NN1. The first-order valence-corrected chi connectivity index (χ1v) is 7.21. The third kappa shape index (κ3) is 3.74. The predicted molar refractivity (Wildman–Crippen MR) is 86.4 cm³/mol. The molecule has 23 heavy (non-hydrogen) atoms. The Morgan fingerprint density at radius 2 is 1.78 bits per heavy atom. The highest BCUT2D eigenvalue weighted by atomic mass is 16.5. The molecule has 0 unspecified atom stereocenters. The molecule has 6 heteroatoms. The minimum atomic E-state index is -0.353. The van der Waals surface area contributed by atoms with Crippen molar-refractivity contribution >= 4 is 23.2 Å². The van der Waals surface area contributed by atoms with E-state index in [1.807, 2.05) is 36.4 Å². The van der Waals surface area contributed by atoms with Gasteiger partial charge in [-0.15, -0.1) is 0 Å². The summed E-state index contributed by atoms with van der Waals surface area (Å²) in [5.41, 5.74) is 3.14. The van der Waals surface area contributed by atoms with Crippen LogP contribution < -0.4 is 15.5 Å². The van der Waals surface area contributed by atoms with E-state index in [9.17, 15) is 9.59 Å². The molecule has 6 nitrogen and oxygen atoms in total. The standard InChI is InChI=1S/C17H15N3O3/c21-16-11-10-14(19-20-16)17(22)18-13-8-4-5-9-15(13)23-12-6-2-1-3-7-12/h1-9H,10-11H2,(H,18,22)(H,20,21). The van der Waals surface area contributed by atoms with Crippen LogP contribution in [0.25, 0.3) is 0 Å². The van der Waals surface area contributed by atoms with Crippen LogP contribution >= 0.6 is 0 Å². The first-order valence-electron chi connectivity index (χ1n) is 7.21. The van der Waals surface area contributed by atoms with Gasteiger partial charge in [0.05, 0.1) is 5.69 Å². The highest BCUT2D eigenvalue weighted by Gasteiger charge is 2.19. The first-order chi connectivity index (χ1) is 11.2. The number of nitrogens with zero attached hydrogens (tertiary/aromatic N) is 1. The van der Waals surface area contributed by atoms with Gasteiger partial charge in [-0.05, 0) is 24.3 Å². The summed E-state index contributed by atoms with van der Waals surface area (Å²) in [5, 5.41) is 6.55. The van der Waals surface area contributed by atoms with Crippen LogP contribution in [0.3, 0.4) is 0 Å². The Hall–Kier alpha value is -3.15. The molecule has 0 aromatic heterocycles. The summed E-state index contributed by atoms with van der Waals surface area (Å²) in [4.78, 5) is 23.3. The van der Waals surface area contributed by atoms with Crippen molar-refractivity contribution < 1.29 is 14.3 Å². The van der Waals surface area contributed by atoms with Gasteiger partial charge in [-0.2, -0.15) is 5.10 Å². The summed E-state index contributed by atoms with van der Waals surface area (Å²) >= 11 is 0. The number of carbonyl (C=O) groups excluding carboxylic acids is 2. The van der Waals surface area contributed by atoms with Crippen molar-refractivity contribution in [3.05, 3.63) is 54.6 Å². The second-order valence-electron chi connectivity index (χ2n) is 4.96. The molecule has 0 spiro atoms. The quantitative estimate of drug-likeness (QED) is 0.911. The lowest BCUT2D eigenvalue weighted by Gasteiger charge is -2.14. The number of ether oxygens (including phenoxy) is 1. The highest BCUT2D eigenvalue weighted by Crippen LogP contribution is 2.29. The van der Waals surface area contributed by atoms with E-state index in [0.29, 0.717) is 29.3 Å². The second-order valence-corrected chi connectivity index (χ2v) is 4.96. The summed E-state index contributed by atoms with van der Waals surface area (Å²) in [6.07, 6.45) is 0.577. The Bertz CT molecular complexity index is 757. The number of benzene rings is 2. The van der Waals surface area contributed by atoms with E-state index >= 15 is 0 Å². The number of anilines is 1. The van der Waals surface area contributed by atoms with Crippen LogP contribution in [0.5, 0.6) is 11.5 Å². The van der Waals surface area contributed by atoms with Gasteiger partial charge in [-0.3, -0.25) is 9.59 Å². The summed E-state index contributed by atoms with van der Waals surface area (Å²) < 4.78 is 5.79. The Labute approximate surface area is 133 Å². The van der Waals surface area contributed by atoms with Gasteiger partial charge in [-0.1, -0.05) is 30.3 Å². The third-order valence-electron chi connectivity index (χ3n) is 3.27. The molecule has 1 aliphatic heterocycles. The van der Waals surface area contributed by atoms with E-state index in [1.165, 1.54) is 0 Å². The van der Waals surface area contributed by atoms with E-state index in [1.54, 1.807) is 18.2 Å². The highest BCUT2D eigenvalue weighted by molar-refractivity contribution is 6.43. The molecule has 0 aliphatic carbocycles. The fraction of sp³-hybridized carbons (Fsp3) is 0.118. The summed E-state index contributed by atoms with van der Waals surface area (Å²) in [6, 6.07) is 16.5. The molecule has 1 heterocycles. The zero-order valence-electron chi connectivity index (χ0n) is 12.3. The second kappa shape index (κ2) is 6.74. The third-order valence-corrected chi connectivity index (χ3v) is 3.27. The van der Waals surface area contributed by atoms with Crippen molar-refractivity contribution in [3.63, 3.8) is 0 Å². The number of para-hydroxylation sites is 3. The molecule has 0 atom stereocenters. The monoisotopic (exact) mass is 309 g/mol. The topological polar surface area (TPSA) is 79.8 Å². The Balaban J connectivity index is 1.75. The average molecular weight is 309 g/mol. The first kappa shape index (κ1) is 14.8. The van der Waals surface area contributed by atoms with Gasteiger partial charge in [0.1, 0.15) is 11.5 Å². The molecular weight excluding hydrogens is 294 g/mol. The Morgan fingerprint density at radius 3 is 2.52 bits per heavy atom. The maximum Gasteiger partial charge on any atom is 0.271 e. The number of rotatable bonds is 4. The number of carbonyl (C=O) groups is 2. The smallest absolute Gasteiger partial charge is 0.271 e. The van der Waals surface area contributed by atoms with Crippen LogP contribution in [0.15, 0.2) is 59.7 Å². The number of nitrogens with one attached hydrogen (secondary N) is 2. The minimum absolute atomic E-state index is 0.186. The zero-order valence-corrected chi connectivity index (χ0v) is 12.3. The molecule has 1 aliphatic rings. The molecule has 2 aromatic carbocycles. The Morgan fingerprint density at radius 1 is 1.04 bits per heavy atom. The van der Waals surface area contributed by atoms with E-state index < -0.39 is 0 Å². The van der Waals surface area contributed by atoms with E-state index in [0.717, 1.165) is 0 Å². The lowest BCUT2D eigenvalue weighted by molar-refractivity contribution is -0.121. The van der Waals surface area contributed by atoms with Crippen LogP contribution in [0.2, 0.25) is 0 Å². The lowest BCUT2D eigenvalue weighted by atomic mass is 10.1. The van der Waals surface area contributed by atoms with Crippen molar-refractivity contribution in [2.24, 2.45) is 5.10 Å². The minimum Gasteiger partial charge on any atom is -0.455 e. The van der Waals surface area contributed by atoms with Crippen LogP contribution in [-0.2, 0) is 9.59 Å². The van der Waals surface area contributed by atoms with Crippen LogP contribution in [-0.4, -0.2) is 17.5 Å². The molecule has 3 rings (SSSR count). The molecule has 116 valence electrons. The molecule has 0 fully saturated rings. The molecule has 0 radical (unpaired) electrons. The van der Waals surface area contributed by atoms with Crippen LogP contribution in [0.4, 0.5) is 5.69 Å². The predicted octanol–water partition coefficient (Wildman–Crippen LogP) is 2.68. The van der Waals surface area contributed by atoms with Gasteiger partial charge in [0.15, 0.2) is 5.75 Å². The molecule has 2 N–H and O–H groups in total. The molecular formula is C17H15N3O3. The van der Waals surface area contributed by atoms with Crippen LogP contribution in [0.1, 0.15) is 12.8 Å². The fourth-order valence-electron chi connectivity index (χ4n) is 2.11. The Kier molecular flexibility index (Phi) is 4.33. The van der Waals surface area contributed by atoms with Crippen molar-refractivity contribution in [1.82, 2.24) is 5.43 Å². The van der Waals surface area contributed by atoms with Crippen LogP contribution in [0, 0.1) is 0 Å². The van der Waals surface area contributed by atoms with Gasteiger partial charge in [0.2, 0.25) is 5.91 Å². The maximum atomic E-state index is 12.2. The number of hydrogen-bond acceptors (Lipinski definition) is 4. The van der Waals surface area contributed by atoms with E-state index in [4.69, 9.17) is 4.74 Å². The zero-order chi connectivity index (χ0) is 16.1. The fourth-order valence-corrected chi connectivity index (χ4v) is 2.11. The summed E-state index contributed by atoms with van der Waals surface area (Å²) in [7, 11) is 0. The average Bonchev–Trinajstić information content (AvgIpc) is 2.58. The van der Waals surface area contributed by atoms with Gasteiger partial charge >= 0.3 is 0 Å². The van der Waals surface area contributed by atoms with Gasteiger partial charge in [-0.25, -0.2) is 5.43 Å². The van der Waals surface area contributed by atoms with Crippen molar-refractivity contribution in [1.29, 1.82) is 0 Å². The molecule has 2 amide bonds. The van der Waals surface area contributed by atoms with Crippen molar-refractivity contribution in [2.45, 2.75) is 12.8 Å². The maximum absolute atomic E-state index is 12.2. The number of amides is 2. The van der Waals surface area contributed by atoms with E-state index in [2.05, 4.69) is 15.8 Å². The number of hydrazone groups is 1. The summed E-state index contributed by atoms with van der Waals surface area (Å²) in [6.45, 7) is 0. The normalized spacial score (nSPS) is 13.7. The molecule has 0 saturated heterocycles. The molecule has 0 saturated carbocycles. The van der Waals surface area contributed by atoms with Gasteiger partial charge in [0.25, 0.3) is 5.91 Å². The summed E-state index contributed by atoms with van der Waals surface area (Å²) in [5.74, 6) is 0.674.